The van der Waals surface area contributed by atoms with Crippen LogP contribution in [0.1, 0.15) is 18.4 Å². The smallest absolute Gasteiger partial charge is 0.251 e. The van der Waals surface area contributed by atoms with Crippen LogP contribution in [0.3, 0.4) is 0 Å². The van der Waals surface area contributed by atoms with Crippen molar-refractivity contribution in [1.82, 2.24) is 14.8 Å². The number of nitrogens with zero attached hydrogens (tertiary/aromatic N) is 3. The Hall–Kier alpha value is -2.29. The number of nitrogens with one attached hydrogen (secondary N) is 1. The fourth-order valence-corrected chi connectivity index (χ4v) is 4.39. The van der Waals surface area contributed by atoms with Crippen LogP contribution in [0.2, 0.25) is 0 Å². The van der Waals surface area contributed by atoms with E-state index in [1.54, 1.807) is 0 Å². The molecule has 2 saturated heterocycles. The van der Waals surface area contributed by atoms with Crippen molar-refractivity contribution in [3.8, 4) is 11.3 Å². The van der Waals surface area contributed by atoms with Crippen molar-refractivity contribution >= 4 is 28.3 Å². The highest BCUT2D eigenvalue weighted by molar-refractivity contribution is 7.14. The third-order valence-electron chi connectivity index (χ3n) is 5.35. The van der Waals surface area contributed by atoms with Gasteiger partial charge in [-0.3, -0.25) is 14.5 Å². The molecule has 0 radical (unpaired) electrons. The largest absolute Gasteiger partial charge is 0.368 e. The maximum absolute atomic E-state index is 12.4. The van der Waals surface area contributed by atoms with Gasteiger partial charge in [0, 0.05) is 43.7 Å². The number of hydrogen-bond donors (Lipinski definition) is 1. The van der Waals surface area contributed by atoms with E-state index < -0.39 is 0 Å². The lowest BCUT2D eigenvalue weighted by molar-refractivity contribution is -0.142. The second kappa shape index (κ2) is 9.02. The number of hydrogen-bond acceptors (Lipinski definition) is 6. The predicted octanol–water partition coefficient (Wildman–Crippen LogP) is 2.38. The molecular formula is C21H26N4O3S. The summed E-state index contributed by atoms with van der Waals surface area (Å²) in [4.78, 5) is 33.3. The quantitative estimate of drug-likeness (QED) is 0.813. The summed E-state index contributed by atoms with van der Waals surface area (Å²) in [6, 6.07) is 8.17. The Morgan fingerprint density at radius 2 is 1.97 bits per heavy atom. The van der Waals surface area contributed by atoms with Gasteiger partial charge in [0.1, 0.15) is 6.10 Å². The summed E-state index contributed by atoms with van der Waals surface area (Å²) >= 11 is 1.43. The molecule has 2 amide bonds. The molecule has 1 aromatic heterocycles. The topological polar surface area (TPSA) is 74.8 Å². The number of carbonyl (C=O) groups excluding carboxylic acids is 2. The zero-order chi connectivity index (χ0) is 20.2. The number of rotatable bonds is 5. The average molecular weight is 415 g/mol. The maximum atomic E-state index is 12.4. The molecule has 154 valence electrons. The average Bonchev–Trinajstić information content (AvgIpc) is 3.41. The van der Waals surface area contributed by atoms with Crippen molar-refractivity contribution in [2.75, 3.05) is 44.6 Å². The van der Waals surface area contributed by atoms with Crippen LogP contribution in [-0.2, 0) is 14.3 Å². The summed E-state index contributed by atoms with van der Waals surface area (Å²) in [5, 5.41) is 5.46. The first-order valence-electron chi connectivity index (χ1n) is 10.0. The van der Waals surface area contributed by atoms with Crippen LogP contribution in [0.15, 0.2) is 29.6 Å². The Kier molecular flexibility index (Phi) is 6.22. The lowest BCUT2D eigenvalue weighted by atomic mass is 10.1. The van der Waals surface area contributed by atoms with Crippen molar-refractivity contribution in [2.45, 2.75) is 25.9 Å². The summed E-state index contributed by atoms with van der Waals surface area (Å²) in [5.41, 5.74) is 3.11. The molecule has 2 aliphatic heterocycles. The van der Waals surface area contributed by atoms with Gasteiger partial charge in [-0.25, -0.2) is 4.98 Å². The van der Waals surface area contributed by atoms with E-state index in [0.717, 1.165) is 24.1 Å². The minimum Gasteiger partial charge on any atom is -0.368 e. The Labute approximate surface area is 174 Å². The van der Waals surface area contributed by atoms with Crippen LogP contribution < -0.4 is 5.32 Å². The van der Waals surface area contributed by atoms with Gasteiger partial charge >= 0.3 is 0 Å². The zero-order valence-corrected chi connectivity index (χ0v) is 17.4. The number of thiazole rings is 1. The number of amides is 2. The first-order valence-corrected chi connectivity index (χ1v) is 10.9. The van der Waals surface area contributed by atoms with Crippen LogP contribution in [0.5, 0.6) is 0 Å². The fraction of sp³-hybridized carbons (Fsp3) is 0.476. The van der Waals surface area contributed by atoms with Gasteiger partial charge in [-0.2, -0.15) is 0 Å². The number of carbonyl (C=O) groups is 2. The van der Waals surface area contributed by atoms with Gasteiger partial charge in [-0.05, 0) is 19.8 Å². The van der Waals surface area contributed by atoms with Crippen molar-refractivity contribution in [3.63, 3.8) is 0 Å². The van der Waals surface area contributed by atoms with Gasteiger partial charge in [0.25, 0.3) is 5.91 Å². The molecule has 1 atom stereocenters. The van der Waals surface area contributed by atoms with Crippen LogP contribution in [0.4, 0.5) is 5.13 Å². The first-order chi connectivity index (χ1) is 14.1. The molecule has 2 aliphatic rings. The molecule has 4 rings (SSSR count). The van der Waals surface area contributed by atoms with Gasteiger partial charge in [0.2, 0.25) is 5.91 Å². The molecule has 0 bridgehead atoms. The molecule has 1 N–H and O–H groups in total. The lowest BCUT2D eigenvalue weighted by Gasteiger charge is -2.35. The Morgan fingerprint density at radius 3 is 2.66 bits per heavy atom. The highest BCUT2D eigenvalue weighted by Crippen LogP contribution is 2.25. The number of aromatic nitrogens is 1. The van der Waals surface area contributed by atoms with E-state index >= 15 is 0 Å². The highest BCUT2D eigenvalue weighted by atomic mass is 32.1. The summed E-state index contributed by atoms with van der Waals surface area (Å²) in [7, 11) is 0. The van der Waals surface area contributed by atoms with E-state index in [1.165, 1.54) is 16.9 Å². The molecule has 3 heterocycles. The minimum absolute atomic E-state index is 0.0753. The second-order valence-electron chi connectivity index (χ2n) is 7.56. The monoisotopic (exact) mass is 414 g/mol. The SMILES string of the molecule is Cc1ccc(-c2csc(NC(=O)CN3CCN(C(=O)[C@H]4CCCO4)CC3)n2)cc1. The van der Waals surface area contributed by atoms with Gasteiger partial charge in [0.05, 0.1) is 12.2 Å². The first kappa shape index (κ1) is 20.0. The Balaban J connectivity index is 1.24. The number of benzene rings is 1. The molecule has 2 aromatic rings. The molecule has 0 aliphatic carbocycles. The maximum Gasteiger partial charge on any atom is 0.251 e. The van der Waals surface area contributed by atoms with Gasteiger partial charge in [0.15, 0.2) is 5.13 Å². The summed E-state index contributed by atoms with van der Waals surface area (Å²) in [6.45, 7) is 5.70. The fourth-order valence-electron chi connectivity index (χ4n) is 3.65. The third kappa shape index (κ3) is 5.01. The minimum atomic E-state index is -0.266. The van der Waals surface area contributed by atoms with Crippen molar-refractivity contribution in [3.05, 3.63) is 35.2 Å². The van der Waals surface area contributed by atoms with Gasteiger partial charge in [-0.1, -0.05) is 29.8 Å². The van der Waals surface area contributed by atoms with Crippen LogP contribution in [0, 0.1) is 6.92 Å². The van der Waals surface area contributed by atoms with Crippen molar-refractivity contribution in [2.24, 2.45) is 0 Å². The van der Waals surface area contributed by atoms with Crippen LogP contribution in [-0.4, -0.2) is 72.0 Å². The van der Waals surface area contributed by atoms with Crippen LogP contribution >= 0.6 is 11.3 Å². The number of anilines is 1. The highest BCUT2D eigenvalue weighted by Gasteiger charge is 2.30. The predicted molar refractivity (Wildman–Crippen MR) is 113 cm³/mol. The number of ether oxygens (including phenoxy) is 1. The molecule has 0 spiro atoms. The Morgan fingerprint density at radius 1 is 1.21 bits per heavy atom. The molecule has 0 unspecified atom stereocenters. The molecule has 1 aromatic carbocycles. The molecule has 29 heavy (non-hydrogen) atoms. The van der Waals surface area contributed by atoms with Crippen molar-refractivity contribution in [1.29, 1.82) is 0 Å². The van der Waals surface area contributed by atoms with E-state index in [1.807, 2.05) is 22.4 Å². The van der Waals surface area contributed by atoms with Gasteiger partial charge in [-0.15, -0.1) is 11.3 Å². The van der Waals surface area contributed by atoms with E-state index in [2.05, 4.69) is 34.3 Å². The number of piperazine rings is 1. The lowest BCUT2D eigenvalue weighted by Crippen LogP contribution is -2.52. The summed E-state index contributed by atoms with van der Waals surface area (Å²) in [6.07, 6.45) is 1.51. The third-order valence-corrected chi connectivity index (χ3v) is 6.11. The second-order valence-corrected chi connectivity index (χ2v) is 8.41. The molecule has 8 heteroatoms. The van der Waals surface area contributed by atoms with Crippen molar-refractivity contribution < 1.29 is 14.3 Å². The van der Waals surface area contributed by atoms with E-state index in [9.17, 15) is 9.59 Å². The summed E-state index contributed by atoms with van der Waals surface area (Å²) in [5.74, 6) is 0.0201. The van der Waals surface area contributed by atoms with E-state index in [4.69, 9.17) is 4.74 Å². The molecule has 0 saturated carbocycles. The number of aryl methyl sites for hydroxylation is 1. The molecule has 7 nitrogen and oxygen atoms in total. The Bertz CT molecular complexity index is 853. The van der Waals surface area contributed by atoms with E-state index in [0.29, 0.717) is 44.5 Å². The zero-order valence-electron chi connectivity index (χ0n) is 16.6. The van der Waals surface area contributed by atoms with Gasteiger partial charge < -0.3 is 15.0 Å². The standard InChI is InChI=1S/C21H26N4O3S/c1-15-4-6-16(7-5-15)17-14-29-21(22-17)23-19(26)13-24-8-10-25(11-9-24)20(27)18-3-2-12-28-18/h4-7,14,18H,2-3,8-13H2,1H3,(H,22,23,26)/t18-/m1/s1. The normalized spacial score (nSPS) is 20.0. The molecule has 2 fully saturated rings. The molecular weight excluding hydrogens is 388 g/mol. The van der Waals surface area contributed by atoms with Crippen LogP contribution in [0.25, 0.3) is 11.3 Å². The summed E-state index contributed by atoms with van der Waals surface area (Å²) < 4.78 is 5.49. The van der Waals surface area contributed by atoms with E-state index in [-0.39, 0.29) is 17.9 Å².